The van der Waals surface area contributed by atoms with Crippen molar-refractivity contribution in [2.45, 2.75) is 52.8 Å². The van der Waals surface area contributed by atoms with Crippen LogP contribution in [0.25, 0.3) is 4.98 Å². The molecule has 0 aliphatic rings. The molecule has 0 atom stereocenters. The van der Waals surface area contributed by atoms with Crippen molar-refractivity contribution in [2.24, 2.45) is 0 Å². The monoisotopic (exact) mass is 303 g/mol. The molecule has 0 saturated heterocycles. The van der Waals surface area contributed by atoms with E-state index in [1.165, 1.54) is 0 Å². The average molecular weight is 303 g/mol. The van der Waals surface area contributed by atoms with Crippen LogP contribution in [-0.4, -0.2) is 39.3 Å². The molecule has 0 saturated carbocycles. The minimum atomic E-state index is -1.40. The fourth-order valence-corrected chi connectivity index (χ4v) is 2.38. The van der Waals surface area contributed by atoms with E-state index in [1.807, 2.05) is 0 Å². The molecule has 0 fully saturated rings. The minimum Gasteiger partial charge on any atom is -0.663 e. The molecule has 0 aliphatic heterocycles. The van der Waals surface area contributed by atoms with Crippen LogP contribution in [0.15, 0.2) is 0 Å². The van der Waals surface area contributed by atoms with Crippen LogP contribution in [-0.2, 0) is 16.8 Å². The Morgan fingerprint density at radius 2 is 1.47 bits per heavy atom. The van der Waals surface area contributed by atoms with E-state index in [0.29, 0.717) is 5.04 Å². The molecular weight excluding hydrogens is 271 g/mol. The van der Waals surface area contributed by atoms with Gasteiger partial charge in [0.2, 0.25) is 0 Å². The van der Waals surface area contributed by atoms with E-state index in [2.05, 4.69) is 52.6 Å². The predicted molar refractivity (Wildman–Crippen MR) is 79.6 cm³/mol. The largest absolute Gasteiger partial charge is 3.00 e. The average Bonchev–Trinajstić information content (AvgIpc) is 2.10. The second-order valence-electron chi connectivity index (χ2n) is 5.72. The summed E-state index contributed by atoms with van der Waals surface area (Å²) in [5, 5.41) is 0.385. The molecule has 0 radical (unpaired) electrons. The first kappa shape index (κ1) is 22.8. The Morgan fingerprint density at radius 3 is 1.76 bits per heavy atom. The fraction of sp³-hybridized carbons (Fsp3) is 0.923. The first-order chi connectivity index (χ1) is 6.74. The fourth-order valence-electron chi connectivity index (χ4n) is 1.25. The molecule has 0 aromatic heterocycles. The standard InChI is InChI=1S/C12H29N2Si.CH3.Co/c1-8-14(9-2)11-10-13-15(6,7)12(3,4)5;;/h8-11H2,1-7H3;1H3;/q2*-1;+3. The summed E-state index contributed by atoms with van der Waals surface area (Å²) in [4.78, 5) is 7.40. The SMILES string of the molecule is CCN(CC)CC[N-][Si](C)(C)C(C)(C)C.[CH3-].[Co+3]. The maximum atomic E-state index is 4.96. The molecule has 0 amide bonds. The number of hydrogen-bond donors (Lipinski definition) is 0. The van der Waals surface area contributed by atoms with E-state index < -0.39 is 8.24 Å². The Labute approximate surface area is 121 Å². The van der Waals surface area contributed by atoms with Crippen molar-refractivity contribution in [3.05, 3.63) is 12.4 Å². The molecule has 0 aromatic rings. The third kappa shape index (κ3) is 8.37. The van der Waals surface area contributed by atoms with Crippen molar-refractivity contribution in [3.8, 4) is 0 Å². The number of hydrogen-bond acceptors (Lipinski definition) is 1. The second-order valence-corrected chi connectivity index (χ2v) is 10.7. The molecule has 0 heterocycles. The van der Waals surface area contributed by atoms with Gasteiger partial charge >= 0.3 is 16.8 Å². The van der Waals surface area contributed by atoms with Gasteiger partial charge in [0.25, 0.3) is 0 Å². The number of nitrogens with zero attached hydrogens (tertiary/aromatic N) is 2. The molecule has 0 bridgehead atoms. The minimum absolute atomic E-state index is 0. The molecule has 0 spiro atoms. The van der Waals surface area contributed by atoms with E-state index in [4.69, 9.17) is 4.98 Å². The van der Waals surface area contributed by atoms with Gasteiger partial charge in [0, 0.05) is 0 Å². The number of rotatable bonds is 6. The molecule has 0 rings (SSSR count). The second kappa shape index (κ2) is 9.56. The molecule has 4 heteroatoms. The molecule has 2 nitrogen and oxygen atoms in total. The maximum Gasteiger partial charge on any atom is 3.00 e. The molecular formula is C13H32CoN2Si+. The molecule has 0 N–H and O–H groups in total. The molecule has 0 aromatic carbocycles. The van der Waals surface area contributed by atoms with E-state index in [0.717, 1.165) is 26.2 Å². The van der Waals surface area contributed by atoms with Gasteiger partial charge < -0.3 is 17.3 Å². The first-order valence-electron chi connectivity index (χ1n) is 6.15. The quantitative estimate of drug-likeness (QED) is 0.532. The van der Waals surface area contributed by atoms with Crippen molar-refractivity contribution in [1.82, 2.24) is 4.90 Å². The Kier molecular flexibility index (Phi) is 12.8. The van der Waals surface area contributed by atoms with Crippen LogP contribution in [0.2, 0.25) is 18.1 Å². The van der Waals surface area contributed by atoms with Crippen molar-refractivity contribution < 1.29 is 16.8 Å². The van der Waals surface area contributed by atoms with Crippen LogP contribution < -0.4 is 0 Å². The summed E-state index contributed by atoms with van der Waals surface area (Å²) >= 11 is 0. The van der Waals surface area contributed by atoms with Gasteiger partial charge in [-0.2, -0.15) is 0 Å². The third-order valence-corrected chi connectivity index (χ3v) is 8.34. The van der Waals surface area contributed by atoms with Crippen LogP contribution in [0.5, 0.6) is 0 Å². The van der Waals surface area contributed by atoms with E-state index in [9.17, 15) is 0 Å². The number of likely N-dealkylation sites (N-methyl/N-ethyl adjacent to an activating group) is 1. The van der Waals surface area contributed by atoms with Crippen LogP contribution in [0.3, 0.4) is 0 Å². The Hall–Kier alpha value is 0.643. The van der Waals surface area contributed by atoms with Gasteiger partial charge in [-0.1, -0.05) is 61.0 Å². The topological polar surface area (TPSA) is 17.3 Å². The molecule has 17 heavy (non-hydrogen) atoms. The summed E-state index contributed by atoms with van der Waals surface area (Å²) in [5.41, 5.74) is 0. The van der Waals surface area contributed by atoms with Gasteiger partial charge in [-0.05, 0) is 19.6 Å². The van der Waals surface area contributed by atoms with Crippen molar-refractivity contribution >= 4 is 8.24 Å². The zero-order valence-electron chi connectivity index (χ0n) is 13.1. The van der Waals surface area contributed by atoms with Crippen LogP contribution in [0.1, 0.15) is 34.6 Å². The zero-order chi connectivity index (χ0) is 12.1. The summed E-state index contributed by atoms with van der Waals surface area (Å²) in [6.07, 6.45) is 0. The van der Waals surface area contributed by atoms with Gasteiger partial charge in [0.15, 0.2) is 0 Å². The maximum absolute atomic E-state index is 4.96. The molecule has 0 aliphatic carbocycles. The Morgan fingerprint density at radius 1 is 1.06 bits per heavy atom. The predicted octanol–water partition coefficient (Wildman–Crippen LogP) is 4.15. The smallest absolute Gasteiger partial charge is 0.663 e. The summed E-state index contributed by atoms with van der Waals surface area (Å²) in [7, 11) is -1.40. The van der Waals surface area contributed by atoms with Crippen molar-refractivity contribution in [3.63, 3.8) is 0 Å². The van der Waals surface area contributed by atoms with E-state index in [1.54, 1.807) is 0 Å². The van der Waals surface area contributed by atoms with Crippen molar-refractivity contribution in [2.75, 3.05) is 26.2 Å². The van der Waals surface area contributed by atoms with E-state index in [-0.39, 0.29) is 24.2 Å². The Balaban J connectivity index is -0.000000980. The first-order valence-corrected chi connectivity index (χ1v) is 9.10. The van der Waals surface area contributed by atoms with Gasteiger partial charge in [-0.25, -0.2) is 0 Å². The van der Waals surface area contributed by atoms with Gasteiger partial charge in [0.1, 0.15) is 0 Å². The van der Waals surface area contributed by atoms with Gasteiger partial charge in [0.05, 0.1) is 0 Å². The molecule has 0 unspecified atom stereocenters. The van der Waals surface area contributed by atoms with Crippen LogP contribution in [0, 0.1) is 7.43 Å². The van der Waals surface area contributed by atoms with Crippen molar-refractivity contribution in [1.29, 1.82) is 0 Å². The summed E-state index contributed by atoms with van der Waals surface area (Å²) in [6.45, 7) is 20.6. The third-order valence-electron chi connectivity index (χ3n) is 3.65. The summed E-state index contributed by atoms with van der Waals surface area (Å²) in [5.74, 6) is 0. The Bertz CT molecular complexity index is 175. The zero-order valence-corrected chi connectivity index (χ0v) is 15.1. The van der Waals surface area contributed by atoms with E-state index >= 15 is 0 Å². The van der Waals surface area contributed by atoms with Crippen LogP contribution >= 0.6 is 0 Å². The van der Waals surface area contributed by atoms with Gasteiger partial charge in [-0.3, -0.25) is 0 Å². The molecule has 106 valence electrons. The summed E-state index contributed by atoms with van der Waals surface area (Å²) < 4.78 is 0. The van der Waals surface area contributed by atoms with Gasteiger partial charge in [-0.15, -0.1) is 6.54 Å². The van der Waals surface area contributed by atoms with Crippen LogP contribution in [0.4, 0.5) is 0 Å². The summed E-state index contributed by atoms with van der Waals surface area (Å²) in [6, 6.07) is 0. The normalized spacial score (nSPS) is 12.0.